The van der Waals surface area contributed by atoms with Crippen molar-refractivity contribution in [3.8, 4) is 0 Å². The van der Waals surface area contributed by atoms with E-state index in [2.05, 4.69) is 4.98 Å². The SMILES string of the molecule is Cc1nc(C(F)(F)F)ccc1COC(=O)N1CCC2C1C(=O)CN2C(=O)c1ccccc1. The normalized spacial score (nSPS) is 20.4. The minimum absolute atomic E-state index is 0.0885. The highest BCUT2D eigenvalue weighted by Crippen LogP contribution is 2.32. The lowest BCUT2D eigenvalue weighted by molar-refractivity contribution is -0.141. The number of hydrogen-bond acceptors (Lipinski definition) is 5. The number of rotatable bonds is 3. The molecule has 32 heavy (non-hydrogen) atoms. The summed E-state index contributed by atoms with van der Waals surface area (Å²) in [5, 5.41) is 0. The Kier molecular flexibility index (Phi) is 5.62. The molecule has 2 aliphatic heterocycles. The summed E-state index contributed by atoms with van der Waals surface area (Å²) in [7, 11) is 0. The molecule has 2 amide bonds. The first kappa shape index (κ1) is 21.8. The zero-order valence-electron chi connectivity index (χ0n) is 17.1. The van der Waals surface area contributed by atoms with Gasteiger partial charge in [-0.15, -0.1) is 0 Å². The average Bonchev–Trinajstić information content (AvgIpc) is 3.33. The second kappa shape index (κ2) is 8.25. The van der Waals surface area contributed by atoms with Gasteiger partial charge in [0.1, 0.15) is 18.3 Å². The third-order valence-electron chi connectivity index (χ3n) is 5.78. The van der Waals surface area contributed by atoms with Crippen molar-refractivity contribution in [1.29, 1.82) is 0 Å². The molecule has 10 heteroatoms. The van der Waals surface area contributed by atoms with E-state index in [0.29, 0.717) is 17.5 Å². The number of fused-ring (bicyclic) bond motifs is 1. The van der Waals surface area contributed by atoms with Gasteiger partial charge in [0.05, 0.1) is 12.6 Å². The van der Waals surface area contributed by atoms with Gasteiger partial charge in [0.25, 0.3) is 5.91 Å². The van der Waals surface area contributed by atoms with Gasteiger partial charge < -0.3 is 9.64 Å². The van der Waals surface area contributed by atoms with Crippen LogP contribution in [-0.4, -0.2) is 57.7 Å². The van der Waals surface area contributed by atoms with E-state index in [1.807, 2.05) is 0 Å². The summed E-state index contributed by atoms with van der Waals surface area (Å²) < 4.78 is 43.6. The summed E-state index contributed by atoms with van der Waals surface area (Å²) in [5.74, 6) is -0.519. The van der Waals surface area contributed by atoms with E-state index in [9.17, 15) is 27.6 Å². The molecule has 2 saturated heterocycles. The number of amides is 2. The van der Waals surface area contributed by atoms with Crippen molar-refractivity contribution in [1.82, 2.24) is 14.8 Å². The molecule has 0 aliphatic carbocycles. The van der Waals surface area contributed by atoms with Crippen LogP contribution in [-0.2, 0) is 22.3 Å². The first-order valence-electron chi connectivity index (χ1n) is 10.0. The molecule has 2 aliphatic rings. The molecule has 0 N–H and O–H groups in total. The number of carbonyl (C=O) groups is 3. The lowest BCUT2D eigenvalue weighted by Gasteiger charge is -2.24. The van der Waals surface area contributed by atoms with Crippen molar-refractivity contribution in [3.05, 3.63) is 65.0 Å². The molecule has 1 aromatic carbocycles. The maximum Gasteiger partial charge on any atom is 0.433 e. The molecule has 0 bridgehead atoms. The van der Waals surface area contributed by atoms with E-state index < -0.39 is 30.0 Å². The molecular formula is C22H20F3N3O4. The summed E-state index contributed by atoms with van der Waals surface area (Å²) in [6.07, 6.45) is -4.87. The van der Waals surface area contributed by atoms with Crippen LogP contribution >= 0.6 is 0 Å². The Hall–Kier alpha value is -3.43. The fourth-order valence-electron chi connectivity index (χ4n) is 4.17. The number of aromatic nitrogens is 1. The molecule has 2 atom stereocenters. The molecule has 0 spiro atoms. The quantitative estimate of drug-likeness (QED) is 0.722. The second-order valence-electron chi connectivity index (χ2n) is 7.75. The van der Waals surface area contributed by atoms with Gasteiger partial charge >= 0.3 is 12.3 Å². The highest BCUT2D eigenvalue weighted by atomic mass is 19.4. The smallest absolute Gasteiger partial charge is 0.433 e. The van der Waals surface area contributed by atoms with Gasteiger partial charge in [0.2, 0.25) is 0 Å². The summed E-state index contributed by atoms with van der Waals surface area (Å²) in [6, 6.07) is 9.41. The Morgan fingerprint density at radius 2 is 1.84 bits per heavy atom. The first-order chi connectivity index (χ1) is 15.2. The molecule has 7 nitrogen and oxygen atoms in total. The lowest BCUT2D eigenvalue weighted by Crippen LogP contribution is -2.43. The van der Waals surface area contributed by atoms with E-state index in [1.54, 1.807) is 30.3 Å². The Labute approximate surface area is 181 Å². The number of nitrogens with zero attached hydrogens (tertiary/aromatic N) is 3. The number of likely N-dealkylation sites (tertiary alicyclic amines) is 2. The average molecular weight is 447 g/mol. The van der Waals surface area contributed by atoms with E-state index >= 15 is 0 Å². The number of hydrogen-bond donors (Lipinski definition) is 0. The minimum Gasteiger partial charge on any atom is -0.444 e. The van der Waals surface area contributed by atoms with Crippen LogP contribution in [0.5, 0.6) is 0 Å². The molecule has 168 valence electrons. The Morgan fingerprint density at radius 1 is 1.12 bits per heavy atom. The number of ketones is 1. The molecule has 3 heterocycles. The molecule has 2 unspecified atom stereocenters. The fourth-order valence-corrected chi connectivity index (χ4v) is 4.17. The molecule has 2 aromatic rings. The number of ether oxygens (including phenoxy) is 1. The van der Waals surface area contributed by atoms with Crippen molar-refractivity contribution in [2.45, 2.75) is 38.2 Å². The van der Waals surface area contributed by atoms with E-state index in [4.69, 9.17) is 4.74 Å². The first-order valence-corrected chi connectivity index (χ1v) is 10.0. The van der Waals surface area contributed by atoms with Crippen LogP contribution in [0.1, 0.15) is 33.7 Å². The van der Waals surface area contributed by atoms with Crippen LogP contribution in [0.25, 0.3) is 0 Å². The number of aryl methyl sites for hydroxylation is 1. The van der Waals surface area contributed by atoms with Gasteiger partial charge in [-0.05, 0) is 31.5 Å². The molecule has 2 fully saturated rings. The summed E-state index contributed by atoms with van der Waals surface area (Å²) in [4.78, 5) is 44.4. The molecule has 0 saturated carbocycles. The van der Waals surface area contributed by atoms with Gasteiger partial charge in [-0.1, -0.05) is 24.3 Å². The topological polar surface area (TPSA) is 79.8 Å². The van der Waals surface area contributed by atoms with Crippen LogP contribution in [0.3, 0.4) is 0 Å². The Balaban J connectivity index is 1.42. The number of halogens is 3. The molecule has 0 radical (unpaired) electrons. The van der Waals surface area contributed by atoms with Crippen molar-refractivity contribution in [3.63, 3.8) is 0 Å². The third-order valence-corrected chi connectivity index (χ3v) is 5.78. The predicted molar refractivity (Wildman–Crippen MR) is 106 cm³/mol. The van der Waals surface area contributed by atoms with Gasteiger partial charge in [0.15, 0.2) is 5.78 Å². The van der Waals surface area contributed by atoms with E-state index in [-0.39, 0.29) is 37.1 Å². The third kappa shape index (κ3) is 4.04. The van der Waals surface area contributed by atoms with Crippen molar-refractivity contribution < 1.29 is 32.3 Å². The highest BCUT2D eigenvalue weighted by Gasteiger charge is 2.52. The monoisotopic (exact) mass is 447 g/mol. The number of benzene rings is 1. The Morgan fingerprint density at radius 3 is 2.50 bits per heavy atom. The number of carbonyl (C=O) groups excluding carboxylic acids is 3. The number of pyridine rings is 1. The highest BCUT2D eigenvalue weighted by molar-refractivity contribution is 6.02. The Bertz CT molecular complexity index is 1060. The van der Waals surface area contributed by atoms with Gasteiger partial charge in [-0.2, -0.15) is 13.2 Å². The zero-order valence-corrected chi connectivity index (χ0v) is 17.1. The lowest BCUT2D eigenvalue weighted by atomic mass is 10.1. The predicted octanol–water partition coefficient (Wildman–Crippen LogP) is 3.21. The van der Waals surface area contributed by atoms with E-state index in [0.717, 1.165) is 6.07 Å². The fraction of sp³-hybridized carbons (Fsp3) is 0.364. The summed E-state index contributed by atoms with van der Waals surface area (Å²) in [5.41, 5.74) is -0.122. The van der Waals surface area contributed by atoms with Crippen LogP contribution in [0.4, 0.5) is 18.0 Å². The van der Waals surface area contributed by atoms with Gasteiger partial charge in [0, 0.05) is 23.4 Å². The minimum atomic E-state index is -4.56. The van der Waals surface area contributed by atoms with Crippen molar-refractivity contribution >= 4 is 17.8 Å². The molecular weight excluding hydrogens is 427 g/mol. The number of Topliss-reactive ketones (excluding diaryl/α,β-unsaturated/α-hetero) is 1. The van der Waals surface area contributed by atoms with Gasteiger partial charge in [-0.3, -0.25) is 14.5 Å². The van der Waals surface area contributed by atoms with Gasteiger partial charge in [-0.25, -0.2) is 9.78 Å². The standard InChI is InChI=1S/C22H20F3N3O4/c1-13-15(7-8-18(26-13)22(23,24)25)12-32-21(31)27-10-9-16-19(27)17(29)11-28(16)20(30)14-5-3-2-4-6-14/h2-8,16,19H,9-12H2,1H3. The molecule has 1 aromatic heterocycles. The summed E-state index contributed by atoms with van der Waals surface area (Å²) in [6.45, 7) is 1.28. The van der Waals surface area contributed by atoms with Crippen molar-refractivity contribution in [2.75, 3.05) is 13.1 Å². The zero-order chi connectivity index (χ0) is 23.0. The van der Waals surface area contributed by atoms with Crippen LogP contribution < -0.4 is 0 Å². The molecule has 4 rings (SSSR count). The second-order valence-corrected chi connectivity index (χ2v) is 7.75. The van der Waals surface area contributed by atoms with Crippen molar-refractivity contribution in [2.24, 2.45) is 0 Å². The van der Waals surface area contributed by atoms with Crippen LogP contribution in [0.2, 0.25) is 0 Å². The van der Waals surface area contributed by atoms with Crippen LogP contribution in [0, 0.1) is 6.92 Å². The van der Waals surface area contributed by atoms with E-state index in [1.165, 1.54) is 22.8 Å². The maximum atomic E-state index is 12.8. The summed E-state index contributed by atoms with van der Waals surface area (Å²) >= 11 is 0. The van der Waals surface area contributed by atoms with Crippen LogP contribution in [0.15, 0.2) is 42.5 Å². The largest absolute Gasteiger partial charge is 0.444 e. The number of alkyl halides is 3. The maximum absolute atomic E-state index is 12.8.